The molecule has 8 heteroatoms. The lowest BCUT2D eigenvalue weighted by molar-refractivity contribution is 0.175. The first-order valence-corrected chi connectivity index (χ1v) is 8.07. The highest BCUT2D eigenvalue weighted by Crippen LogP contribution is 2.20. The van der Waals surface area contributed by atoms with Gasteiger partial charge < -0.3 is 4.90 Å². The van der Waals surface area contributed by atoms with Gasteiger partial charge in [0.15, 0.2) is 0 Å². The summed E-state index contributed by atoms with van der Waals surface area (Å²) in [7, 11) is 1.85. The Balaban J connectivity index is 1.50. The topological polar surface area (TPSA) is 80.9 Å². The number of aryl methyl sites for hydroxylation is 2. The van der Waals surface area contributed by atoms with E-state index in [1.54, 1.807) is 17.3 Å². The molecule has 2 amide bonds. The number of piperidine rings is 1. The number of rotatable bonds is 4. The lowest BCUT2D eigenvalue weighted by Gasteiger charge is -2.31. The third-order valence-corrected chi connectivity index (χ3v) is 4.34. The molecular formula is C15H23N7O. The molecule has 3 heterocycles. The van der Waals surface area contributed by atoms with Gasteiger partial charge in [-0.1, -0.05) is 6.92 Å². The molecule has 124 valence electrons. The molecule has 0 bridgehead atoms. The van der Waals surface area contributed by atoms with Crippen molar-refractivity contribution in [3.8, 4) is 0 Å². The van der Waals surface area contributed by atoms with Crippen LogP contribution < -0.4 is 5.32 Å². The maximum absolute atomic E-state index is 12.4. The number of urea groups is 1. The summed E-state index contributed by atoms with van der Waals surface area (Å²) in [5, 5.41) is 11.4. The molecule has 1 fully saturated rings. The summed E-state index contributed by atoms with van der Waals surface area (Å²) >= 11 is 0. The summed E-state index contributed by atoms with van der Waals surface area (Å²) in [5.74, 6) is 1.29. The second-order valence-corrected chi connectivity index (χ2v) is 5.98. The van der Waals surface area contributed by atoms with E-state index in [-0.39, 0.29) is 6.03 Å². The van der Waals surface area contributed by atoms with Gasteiger partial charge in [-0.25, -0.2) is 9.78 Å². The van der Waals surface area contributed by atoms with Crippen LogP contribution in [0.3, 0.4) is 0 Å². The maximum Gasteiger partial charge on any atom is 0.322 e. The number of nitrogens with one attached hydrogen (secondary N) is 1. The fourth-order valence-electron chi connectivity index (χ4n) is 2.92. The van der Waals surface area contributed by atoms with Crippen LogP contribution in [0, 0.1) is 5.92 Å². The summed E-state index contributed by atoms with van der Waals surface area (Å²) in [4.78, 5) is 18.2. The van der Waals surface area contributed by atoms with Crippen molar-refractivity contribution in [2.24, 2.45) is 13.0 Å². The molecule has 23 heavy (non-hydrogen) atoms. The highest BCUT2D eigenvalue weighted by Gasteiger charge is 2.23. The molecule has 1 aliphatic heterocycles. The third kappa shape index (κ3) is 3.69. The minimum atomic E-state index is -0.0464. The van der Waals surface area contributed by atoms with Gasteiger partial charge in [0, 0.05) is 32.7 Å². The molecule has 0 radical (unpaired) electrons. The van der Waals surface area contributed by atoms with Gasteiger partial charge in [-0.05, 0) is 25.2 Å². The van der Waals surface area contributed by atoms with Crippen LogP contribution in [0.1, 0.15) is 25.5 Å². The summed E-state index contributed by atoms with van der Waals surface area (Å²) in [6, 6.07) is 1.88. The van der Waals surface area contributed by atoms with Crippen molar-refractivity contribution in [1.29, 1.82) is 0 Å². The lowest BCUT2D eigenvalue weighted by Crippen LogP contribution is -2.42. The van der Waals surface area contributed by atoms with Crippen LogP contribution in [0.15, 0.2) is 18.7 Å². The molecule has 0 atom stereocenters. The molecule has 2 aromatic heterocycles. The van der Waals surface area contributed by atoms with E-state index in [2.05, 4.69) is 20.5 Å². The first-order chi connectivity index (χ1) is 11.2. The third-order valence-electron chi connectivity index (χ3n) is 4.34. The number of aromatic nitrogens is 5. The van der Waals surface area contributed by atoms with Gasteiger partial charge in [0.1, 0.15) is 18.5 Å². The van der Waals surface area contributed by atoms with Crippen molar-refractivity contribution < 1.29 is 4.79 Å². The van der Waals surface area contributed by atoms with Gasteiger partial charge in [0.25, 0.3) is 0 Å². The smallest absolute Gasteiger partial charge is 0.322 e. The van der Waals surface area contributed by atoms with E-state index in [9.17, 15) is 4.79 Å². The quantitative estimate of drug-likeness (QED) is 0.927. The largest absolute Gasteiger partial charge is 0.324 e. The van der Waals surface area contributed by atoms with Crippen molar-refractivity contribution in [3.63, 3.8) is 0 Å². The number of carbonyl (C=O) groups is 1. The zero-order chi connectivity index (χ0) is 16.2. The normalized spacial score (nSPS) is 15.8. The van der Waals surface area contributed by atoms with Gasteiger partial charge in [-0.15, -0.1) is 0 Å². The summed E-state index contributed by atoms with van der Waals surface area (Å²) in [6.45, 7) is 4.46. The summed E-state index contributed by atoms with van der Waals surface area (Å²) in [6.07, 6.45) is 6.13. The Kier molecular flexibility index (Phi) is 4.59. The van der Waals surface area contributed by atoms with Crippen LogP contribution in [-0.4, -0.2) is 48.6 Å². The van der Waals surface area contributed by atoms with E-state index in [1.165, 1.54) is 0 Å². The minimum Gasteiger partial charge on any atom is -0.324 e. The van der Waals surface area contributed by atoms with E-state index in [0.717, 1.165) is 50.4 Å². The highest BCUT2D eigenvalue weighted by atomic mass is 16.2. The molecule has 1 saturated heterocycles. The second kappa shape index (κ2) is 6.80. The summed E-state index contributed by atoms with van der Waals surface area (Å²) in [5.41, 5.74) is 0.981. The van der Waals surface area contributed by atoms with Gasteiger partial charge in [0.05, 0.1) is 5.69 Å². The van der Waals surface area contributed by atoms with Gasteiger partial charge >= 0.3 is 6.03 Å². The number of likely N-dealkylation sites (tertiary alicyclic amines) is 1. The van der Waals surface area contributed by atoms with Crippen LogP contribution in [0.25, 0.3) is 0 Å². The molecule has 8 nitrogen and oxygen atoms in total. The first-order valence-electron chi connectivity index (χ1n) is 8.07. The van der Waals surface area contributed by atoms with E-state index < -0.39 is 0 Å². The van der Waals surface area contributed by atoms with E-state index in [0.29, 0.717) is 5.92 Å². The number of anilines is 1. The molecular weight excluding hydrogens is 294 g/mol. The number of hydrogen-bond acceptors (Lipinski definition) is 4. The molecule has 1 N–H and O–H groups in total. The molecule has 0 aliphatic carbocycles. The van der Waals surface area contributed by atoms with Crippen molar-refractivity contribution in [3.05, 3.63) is 24.4 Å². The first kappa shape index (κ1) is 15.5. The highest BCUT2D eigenvalue weighted by molar-refractivity contribution is 5.88. The average molecular weight is 317 g/mol. The van der Waals surface area contributed by atoms with Crippen LogP contribution in [0.2, 0.25) is 0 Å². The zero-order valence-electron chi connectivity index (χ0n) is 13.6. The van der Waals surface area contributed by atoms with Gasteiger partial charge in [-0.3, -0.25) is 14.7 Å². The Labute approximate surface area is 135 Å². The Morgan fingerprint density at radius 3 is 2.78 bits per heavy atom. The Morgan fingerprint density at radius 2 is 2.17 bits per heavy atom. The standard InChI is InChI=1S/C15H23N7O/c1-3-13-8-14(20(2)19-13)18-15(23)21-6-4-12(5-7-21)9-22-11-16-10-17-22/h8,10-12H,3-7,9H2,1-2H3,(H,18,23). The van der Waals surface area contributed by atoms with E-state index >= 15 is 0 Å². The number of nitrogens with zero attached hydrogens (tertiary/aromatic N) is 6. The molecule has 3 rings (SSSR count). The number of hydrogen-bond donors (Lipinski definition) is 1. The van der Waals surface area contributed by atoms with Gasteiger partial charge in [0.2, 0.25) is 0 Å². The molecule has 0 unspecified atom stereocenters. The monoisotopic (exact) mass is 317 g/mol. The molecule has 2 aromatic rings. The fourth-order valence-corrected chi connectivity index (χ4v) is 2.92. The van der Waals surface area contributed by atoms with Crippen LogP contribution in [0.5, 0.6) is 0 Å². The number of amides is 2. The predicted octanol–water partition coefficient (Wildman–Crippen LogP) is 1.52. The predicted molar refractivity (Wildman–Crippen MR) is 85.9 cm³/mol. The fraction of sp³-hybridized carbons (Fsp3) is 0.600. The number of carbonyl (C=O) groups excluding carboxylic acids is 1. The van der Waals surface area contributed by atoms with Crippen LogP contribution in [-0.2, 0) is 20.0 Å². The van der Waals surface area contributed by atoms with Gasteiger partial charge in [-0.2, -0.15) is 10.2 Å². The van der Waals surface area contributed by atoms with Crippen molar-refractivity contribution in [1.82, 2.24) is 29.4 Å². The van der Waals surface area contributed by atoms with E-state index in [1.807, 2.05) is 29.6 Å². The Bertz CT molecular complexity index is 641. The minimum absolute atomic E-state index is 0.0464. The summed E-state index contributed by atoms with van der Waals surface area (Å²) < 4.78 is 3.58. The second-order valence-electron chi connectivity index (χ2n) is 5.98. The van der Waals surface area contributed by atoms with Crippen molar-refractivity contribution >= 4 is 11.8 Å². The molecule has 1 aliphatic rings. The zero-order valence-corrected chi connectivity index (χ0v) is 13.6. The van der Waals surface area contributed by atoms with Crippen molar-refractivity contribution in [2.75, 3.05) is 18.4 Å². The molecule has 0 saturated carbocycles. The Morgan fingerprint density at radius 1 is 1.39 bits per heavy atom. The SMILES string of the molecule is CCc1cc(NC(=O)N2CCC(Cn3cncn3)CC2)n(C)n1. The van der Waals surface area contributed by atoms with Crippen molar-refractivity contribution in [2.45, 2.75) is 32.7 Å². The Hall–Kier alpha value is -2.38. The molecule has 0 spiro atoms. The van der Waals surface area contributed by atoms with E-state index in [4.69, 9.17) is 0 Å². The molecule has 0 aromatic carbocycles. The van der Waals surface area contributed by atoms with Crippen LogP contribution in [0.4, 0.5) is 10.6 Å². The lowest BCUT2D eigenvalue weighted by atomic mass is 9.97. The average Bonchev–Trinajstić information content (AvgIpc) is 3.18. The maximum atomic E-state index is 12.4. The van der Waals surface area contributed by atoms with Crippen LogP contribution >= 0.6 is 0 Å².